The predicted molar refractivity (Wildman–Crippen MR) is 61.0 cm³/mol. The van der Waals surface area contributed by atoms with Crippen LogP contribution in [0, 0.1) is 0 Å². The van der Waals surface area contributed by atoms with Gasteiger partial charge in [-0.2, -0.15) is 0 Å². The van der Waals surface area contributed by atoms with Gasteiger partial charge in [0.15, 0.2) is 0 Å². The lowest BCUT2D eigenvalue weighted by molar-refractivity contribution is -0.137. The molecule has 0 amide bonds. The summed E-state index contributed by atoms with van der Waals surface area (Å²) in [5, 5.41) is 18.1. The number of hydrogen-bond donors (Lipinski definition) is 2. The second-order valence-corrected chi connectivity index (χ2v) is 4.25. The Morgan fingerprint density at radius 3 is 3.00 bits per heavy atom. The van der Waals surface area contributed by atoms with Crippen LogP contribution in [0.25, 0.3) is 0 Å². The maximum absolute atomic E-state index is 10.6. The molecule has 1 atom stereocenters. The average Bonchev–Trinajstić information content (AvgIpc) is 2.52. The first-order chi connectivity index (χ1) is 7.58. The lowest BCUT2D eigenvalue weighted by Gasteiger charge is -2.11. The van der Waals surface area contributed by atoms with Gasteiger partial charge in [-0.25, -0.2) is 0 Å². The standard InChI is InChI=1S/C12H15NO3/c1-13-7-8(2-5-12(15)16)10-6-9(14)3-4-11(10)13/h3-4,6,8,14H,2,5,7H2,1H3,(H,15,16). The maximum atomic E-state index is 10.6. The zero-order valence-electron chi connectivity index (χ0n) is 9.18. The molecule has 2 rings (SSSR count). The molecule has 4 heteroatoms. The van der Waals surface area contributed by atoms with E-state index in [1.807, 2.05) is 13.1 Å². The van der Waals surface area contributed by atoms with Crippen molar-refractivity contribution in [3.8, 4) is 5.75 Å². The molecular weight excluding hydrogens is 206 g/mol. The fourth-order valence-corrected chi connectivity index (χ4v) is 2.29. The van der Waals surface area contributed by atoms with Crippen LogP contribution in [0.5, 0.6) is 5.75 Å². The summed E-state index contributed by atoms with van der Waals surface area (Å²) in [5.41, 5.74) is 2.15. The number of benzene rings is 1. The molecule has 16 heavy (non-hydrogen) atoms. The van der Waals surface area contributed by atoms with Gasteiger partial charge in [-0.1, -0.05) is 0 Å². The second-order valence-electron chi connectivity index (χ2n) is 4.25. The van der Waals surface area contributed by atoms with E-state index in [0.29, 0.717) is 6.42 Å². The van der Waals surface area contributed by atoms with Crippen molar-refractivity contribution >= 4 is 11.7 Å². The van der Waals surface area contributed by atoms with E-state index >= 15 is 0 Å². The fraction of sp³-hybridized carbons (Fsp3) is 0.417. The molecule has 0 bridgehead atoms. The van der Waals surface area contributed by atoms with Crippen molar-refractivity contribution in [2.45, 2.75) is 18.8 Å². The molecule has 2 N–H and O–H groups in total. The Morgan fingerprint density at radius 2 is 2.31 bits per heavy atom. The Labute approximate surface area is 94.1 Å². The van der Waals surface area contributed by atoms with E-state index in [0.717, 1.165) is 17.8 Å². The van der Waals surface area contributed by atoms with Crippen LogP contribution in [0.1, 0.15) is 24.3 Å². The summed E-state index contributed by atoms with van der Waals surface area (Å²) in [6.45, 7) is 0.825. The highest BCUT2D eigenvalue weighted by Crippen LogP contribution is 2.39. The number of nitrogens with zero attached hydrogens (tertiary/aromatic N) is 1. The molecule has 0 saturated heterocycles. The van der Waals surface area contributed by atoms with Crippen molar-refractivity contribution in [3.05, 3.63) is 23.8 Å². The van der Waals surface area contributed by atoms with Crippen LogP contribution in [-0.2, 0) is 4.79 Å². The van der Waals surface area contributed by atoms with Crippen LogP contribution < -0.4 is 4.90 Å². The minimum Gasteiger partial charge on any atom is -0.508 e. The molecule has 0 aliphatic carbocycles. The molecule has 0 radical (unpaired) electrons. The van der Waals surface area contributed by atoms with Gasteiger partial charge in [-0.05, 0) is 30.2 Å². The number of anilines is 1. The lowest BCUT2D eigenvalue weighted by atomic mass is 9.96. The van der Waals surface area contributed by atoms with E-state index < -0.39 is 5.97 Å². The zero-order valence-corrected chi connectivity index (χ0v) is 9.18. The Kier molecular flexibility index (Phi) is 2.73. The summed E-state index contributed by atoms with van der Waals surface area (Å²) in [7, 11) is 1.98. The third-order valence-corrected chi connectivity index (χ3v) is 3.06. The monoisotopic (exact) mass is 221 g/mol. The van der Waals surface area contributed by atoms with Gasteiger partial charge in [-0.3, -0.25) is 4.79 Å². The van der Waals surface area contributed by atoms with Crippen molar-refractivity contribution in [2.75, 3.05) is 18.5 Å². The number of likely N-dealkylation sites (N-methyl/N-ethyl adjacent to an activating group) is 1. The number of carbonyl (C=O) groups is 1. The van der Waals surface area contributed by atoms with Crippen molar-refractivity contribution < 1.29 is 15.0 Å². The molecule has 1 heterocycles. The van der Waals surface area contributed by atoms with E-state index in [1.54, 1.807) is 12.1 Å². The van der Waals surface area contributed by atoms with E-state index in [2.05, 4.69) is 4.90 Å². The quantitative estimate of drug-likeness (QED) is 0.817. The molecule has 0 saturated carbocycles. The number of hydrogen-bond acceptors (Lipinski definition) is 3. The minimum absolute atomic E-state index is 0.174. The number of carboxylic acids is 1. The van der Waals surface area contributed by atoms with Crippen molar-refractivity contribution in [1.29, 1.82) is 0 Å². The first-order valence-electron chi connectivity index (χ1n) is 5.34. The summed E-state index contributed by atoms with van der Waals surface area (Å²) >= 11 is 0. The van der Waals surface area contributed by atoms with E-state index in [4.69, 9.17) is 5.11 Å². The summed E-state index contributed by atoms with van der Waals surface area (Å²) < 4.78 is 0. The van der Waals surface area contributed by atoms with Gasteiger partial charge in [0.25, 0.3) is 0 Å². The molecule has 1 unspecified atom stereocenters. The number of fused-ring (bicyclic) bond motifs is 1. The first-order valence-corrected chi connectivity index (χ1v) is 5.34. The highest BCUT2D eigenvalue weighted by molar-refractivity contribution is 5.67. The summed E-state index contributed by atoms with van der Waals surface area (Å²) in [5.74, 6) is -0.311. The van der Waals surface area contributed by atoms with Gasteiger partial charge < -0.3 is 15.1 Å². The van der Waals surface area contributed by atoms with Gasteiger partial charge in [-0.15, -0.1) is 0 Å². The summed E-state index contributed by atoms with van der Waals surface area (Å²) in [6, 6.07) is 5.28. The average molecular weight is 221 g/mol. The Morgan fingerprint density at radius 1 is 1.56 bits per heavy atom. The predicted octanol–water partition coefficient (Wildman–Crippen LogP) is 1.79. The highest BCUT2D eigenvalue weighted by atomic mass is 16.4. The normalized spacial score (nSPS) is 18.6. The number of rotatable bonds is 3. The summed E-state index contributed by atoms with van der Waals surface area (Å²) in [6.07, 6.45) is 0.795. The Hall–Kier alpha value is -1.71. The molecule has 86 valence electrons. The van der Waals surface area contributed by atoms with Crippen LogP contribution in [0.3, 0.4) is 0 Å². The van der Waals surface area contributed by atoms with Crippen molar-refractivity contribution in [3.63, 3.8) is 0 Å². The largest absolute Gasteiger partial charge is 0.508 e. The van der Waals surface area contributed by atoms with Crippen LogP contribution in [0.2, 0.25) is 0 Å². The molecule has 0 fully saturated rings. The van der Waals surface area contributed by atoms with Crippen LogP contribution >= 0.6 is 0 Å². The van der Waals surface area contributed by atoms with E-state index in [9.17, 15) is 9.90 Å². The fourth-order valence-electron chi connectivity index (χ4n) is 2.29. The SMILES string of the molecule is CN1CC(CCC(=O)O)c2cc(O)ccc21. The Bertz CT molecular complexity index is 417. The van der Waals surface area contributed by atoms with Crippen LogP contribution in [0.4, 0.5) is 5.69 Å². The third-order valence-electron chi connectivity index (χ3n) is 3.06. The Balaban J connectivity index is 2.20. The summed E-state index contributed by atoms with van der Waals surface area (Å²) in [4.78, 5) is 12.7. The van der Waals surface area contributed by atoms with Crippen molar-refractivity contribution in [1.82, 2.24) is 0 Å². The van der Waals surface area contributed by atoms with Gasteiger partial charge in [0.05, 0.1) is 0 Å². The number of phenolic OH excluding ortho intramolecular Hbond substituents is 1. The van der Waals surface area contributed by atoms with Crippen LogP contribution in [-0.4, -0.2) is 29.8 Å². The van der Waals surface area contributed by atoms with Crippen molar-refractivity contribution in [2.24, 2.45) is 0 Å². The number of phenols is 1. The maximum Gasteiger partial charge on any atom is 0.303 e. The van der Waals surface area contributed by atoms with Gasteiger partial charge >= 0.3 is 5.97 Å². The lowest BCUT2D eigenvalue weighted by Crippen LogP contribution is -2.15. The molecule has 4 nitrogen and oxygen atoms in total. The number of carboxylic acid groups (broad SMARTS) is 1. The van der Waals surface area contributed by atoms with Gasteiger partial charge in [0, 0.05) is 31.6 Å². The molecular formula is C12H15NO3. The minimum atomic E-state index is -0.767. The van der Waals surface area contributed by atoms with Crippen LogP contribution in [0.15, 0.2) is 18.2 Å². The second kappa shape index (κ2) is 4.04. The molecule has 1 aliphatic heterocycles. The van der Waals surface area contributed by atoms with E-state index in [1.165, 1.54) is 0 Å². The topological polar surface area (TPSA) is 60.8 Å². The number of aromatic hydroxyl groups is 1. The van der Waals surface area contributed by atoms with Gasteiger partial charge in [0.1, 0.15) is 5.75 Å². The smallest absolute Gasteiger partial charge is 0.303 e. The number of aliphatic carboxylic acids is 1. The van der Waals surface area contributed by atoms with Gasteiger partial charge in [0.2, 0.25) is 0 Å². The first kappa shape index (κ1) is 10.8. The molecule has 1 aliphatic rings. The van der Waals surface area contributed by atoms with E-state index in [-0.39, 0.29) is 18.1 Å². The molecule has 0 spiro atoms. The third kappa shape index (κ3) is 1.96. The highest BCUT2D eigenvalue weighted by Gasteiger charge is 2.26. The molecule has 0 aromatic heterocycles. The molecule has 1 aromatic carbocycles. The zero-order chi connectivity index (χ0) is 11.7. The molecule has 1 aromatic rings.